The lowest BCUT2D eigenvalue weighted by Crippen LogP contribution is -2.43. The van der Waals surface area contributed by atoms with Crippen molar-refractivity contribution >= 4 is 34.1 Å². The summed E-state index contributed by atoms with van der Waals surface area (Å²) in [7, 11) is 0. The van der Waals surface area contributed by atoms with Gasteiger partial charge in [0.05, 0.1) is 17.3 Å². The molecule has 0 bridgehead atoms. The van der Waals surface area contributed by atoms with Crippen molar-refractivity contribution in [3.8, 4) is 0 Å². The number of aryl methyl sites for hydroxylation is 1. The standard InChI is InChI=1S/C21H26FN7O/c1-2-29-18-9-13(8-7-12(18)11-25-29)26-20-14(19(24)30)10-15(22)21(28-20)27-17-6-4-3-5-16(17)23/h7-11,16-17H,2-6,23H2,1H3,(H2,24,30)(H2,26,27,28). The van der Waals surface area contributed by atoms with Gasteiger partial charge < -0.3 is 22.1 Å². The van der Waals surface area contributed by atoms with E-state index in [1.807, 2.05) is 29.8 Å². The van der Waals surface area contributed by atoms with Crippen LogP contribution in [0, 0.1) is 5.82 Å². The number of nitrogens with one attached hydrogen (secondary N) is 2. The molecule has 158 valence electrons. The summed E-state index contributed by atoms with van der Waals surface area (Å²) in [6, 6.07) is 6.66. The lowest BCUT2D eigenvalue weighted by molar-refractivity contribution is 0.100. The van der Waals surface area contributed by atoms with Gasteiger partial charge in [0.1, 0.15) is 5.82 Å². The lowest BCUT2D eigenvalue weighted by Gasteiger charge is -2.30. The molecule has 1 aliphatic rings. The Hall–Kier alpha value is -3.20. The number of aromatic nitrogens is 3. The number of carbonyl (C=O) groups excluding carboxylic acids is 1. The van der Waals surface area contributed by atoms with Gasteiger partial charge in [-0.3, -0.25) is 9.48 Å². The molecule has 8 nitrogen and oxygen atoms in total. The van der Waals surface area contributed by atoms with Crippen LogP contribution in [0.15, 0.2) is 30.5 Å². The van der Waals surface area contributed by atoms with E-state index < -0.39 is 11.7 Å². The third kappa shape index (κ3) is 3.93. The van der Waals surface area contributed by atoms with Gasteiger partial charge in [0, 0.05) is 29.7 Å². The zero-order valence-corrected chi connectivity index (χ0v) is 16.9. The number of hydrogen-bond donors (Lipinski definition) is 4. The van der Waals surface area contributed by atoms with Gasteiger partial charge in [0.15, 0.2) is 11.6 Å². The first-order valence-corrected chi connectivity index (χ1v) is 10.2. The van der Waals surface area contributed by atoms with Crippen LogP contribution in [-0.2, 0) is 6.54 Å². The smallest absolute Gasteiger partial charge is 0.252 e. The molecule has 1 saturated carbocycles. The maximum Gasteiger partial charge on any atom is 0.252 e. The van der Waals surface area contributed by atoms with Gasteiger partial charge in [-0.05, 0) is 44.0 Å². The molecule has 6 N–H and O–H groups in total. The molecule has 30 heavy (non-hydrogen) atoms. The molecular formula is C21H26FN7O. The quantitative estimate of drug-likeness (QED) is 0.494. The minimum absolute atomic E-state index is 0.0184. The van der Waals surface area contributed by atoms with Crippen LogP contribution in [0.2, 0.25) is 0 Å². The Morgan fingerprint density at radius 3 is 2.80 bits per heavy atom. The Kier molecular flexibility index (Phi) is 5.54. The Bertz CT molecular complexity index is 1080. The fourth-order valence-corrected chi connectivity index (χ4v) is 3.92. The van der Waals surface area contributed by atoms with Gasteiger partial charge in [-0.2, -0.15) is 5.10 Å². The Morgan fingerprint density at radius 1 is 1.27 bits per heavy atom. The molecule has 2 aromatic heterocycles. The second-order valence-electron chi connectivity index (χ2n) is 7.64. The van der Waals surface area contributed by atoms with Crippen molar-refractivity contribution < 1.29 is 9.18 Å². The Balaban J connectivity index is 1.68. The van der Waals surface area contributed by atoms with Crippen molar-refractivity contribution in [1.82, 2.24) is 14.8 Å². The van der Waals surface area contributed by atoms with Crippen LogP contribution in [0.1, 0.15) is 43.0 Å². The van der Waals surface area contributed by atoms with E-state index in [9.17, 15) is 9.18 Å². The molecule has 3 aromatic rings. The number of benzene rings is 1. The van der Waals surface area contributed by atoms with E-state index in [-0.39, 0.29) is 29.3 Å². The molecule has 4 rings (SSSR count). The first-order chi connectivity index (χ1) is 14.5. The van der Waals surface area contributed by atoms with Crippen LogP contribution >= 0.6 is 0 Å². The highest BCUT2D eigenvalue weighted by molar-refractivity contribution is 5.99. The van der Waals surface area contributed by atoms with Crippen molar-refractivity contribution in [2.45, 2.75) is 51.2 Å². The molecule has 1 amide bonds. The molecule has 1 aromatic carbocycles. The molecule has 2 unspecified atom stereocenters. The predicted octanol–water partition coefficient (Wildman–Crippen LogP) is 3.11. The van der Waals surface area contributed by atoms with E-state index in [0.29, 0.717) is 5.69 Å². The number of halogens is 1. The van der Waals surface area contributed by atoms with Crippen molar-refractivity contribution in [2.75, 3.05) is 10.6 Å². The molecule has 2 heterocycles. The van der Waals surface area contributed by atoms with E-state index in [2.05, 4.69) is 20.7 Å². The van der Waals surface area contributed by atoms with Crippen molar-refractivity contribution in [2.24, 2.45) is 11.5 Å². The molecular weight excluding hydrogens is 385 g/mol. The highest BCUT2D eigenvalue weighted by Gasteiger charge is 2.24. The van der Waals surface area contributed by atoms with E-state index in [4.69, 9.17) is 11.5 Å². The van der Waals surface area contributed by atoms with Crippen LogP contribution < -0.4 is 22.1 Å². The minimum Gasteiger partial charge on any atom is -0.365 e. The van der Waals surface area contributed by atoms with Gasteiger partial charge in [-0.15, -0.1) is 0 Å². The zero-order chi connectivity index (χ0) is 21.3. The van der Waals surface area contributed by atoms with Crippen molar-refractivity contribution in [3.05, 3.63) is 41.8 Å². The van der Waals surface area contributed by atoms with E-state index in [0.717, 1.165) is 49.2 Å². The normalized spacial score (nSPS) is 19.0. The number of nitrogens with two attached hydrogens (primary N) is 2. The summed E-state index contributed by atoms with van der Waals surface area (Å²) in [4.78, 5) is 16.3. The molecule has 0 aliphatic heterocycles. The molecule has 1 aliphatic carbocycles. The number of amides is 1. The third-order valence-electron chi connectivity index (χ3n) is 5.59. The zero-order valence-electron chi connectivity index (χ0n) is 16.9. The molecule has 2 atom stereocenters. The summed E-state index contributed by atoms with van der Waals surface area (Å²) < 4.78 is 16.5. The topological polar surface area (TPSA) is 124 Å². The maximum atomic E-state index is 14.7. The number of rotatable bonds is 6. The number of fused-ring (bicyclic) bond motifs is 1. The first kappa shape index (κ1) is 20.1. The number of pyridine rings is 1. The second kappa shape index (κ2) is 8.27. The average molecular weight is 411 g/mol. The van der Waals surface area contributed by atoms with Crippen LogP contribution in [0.3, 0.4) is 0 Å². The number of primary amides is 1. The molecule has 9 heteroatoms. The predicted molar refractivity (Wildman–Crippen MR) is 115 cm³/mol. The summed E-state index contributed by atoms with van der Waals surface area (Å²) in [5.41, 5.74) is 13.3. The third-order valence-corrected chi connectivity index (χ3v) is 5.59. The molecule has 0 saturated heterocycles. The van der Waals surface area contributed by atoms with E-state index in [1.54, 1.807) is 6.20 Å². The largest absolute Gasteiger partial charge is 0.365 e. The van der Waals surface area contributed by atoms with Gasteiger partial charge in [-0.25, -0.2) is 9.37 Å². The monoisotopic (exact) mass is 411 g/mol. The van der Waals surface area contributed by atoms with Gasteiger partial charge in [-0.1, -0.05) is 12.8 Å². The van der Waals surface area contributed by atoms with Crippen LogP contribution in [0.4, 0.5) is 21.7 Å². The Labute approximate surface area is 173 Å². The molecule has 0 radical (unpaired) electrons. The van der Waals surface area contributed by atoms with E-state index >= 15 is 0 Å². The van der Waals surface area contributed by atoms with E-state index in [1.165, 1.54) is 0 Å². The average Bonchev–Trinajstić information content (AvgIpc) is 3.14. The summed E-state index contributed by atoms with van der Waals surface area (Å²) >= 11 is 0. The SMILES string of the molecule is CCn1ncc2ccc(Nc3nc(NC4CCCCC4N)c(F)cc3C(N)=O)cc21. The van der Waals surface area contributed by atoms with Gasteiger partial charge in [0.25, 0.3) is 5.91 Å². The lowest BCUT2D eigenvalue weighted by atomic mass is 9.91. The summed E-state index contributed by atoms with van der Waals surface area (Å²) in [5.74, 6) is -1.14. The van der Waals surface area contributed by atoms with Crippen LogP contribution in [0.5, 0.6) is 0 Å². The fraction of sp³-hybridized carbons (Fsp3) is 0.381. The van der Waals surface area contributed by atoms with Crippen LogP contribution in [-0.4, -0.2) is 32.8 Å². The first-order valence-electron chi connectivity index (χ1n) is 10.2. The minimum atomic E-state index is -0.760. The summed E-state index contributed by atoms with van der Waals surface area (Å²) in [6.45, 7) is 2.73. The maximum absolute atomic E-state index is 14.7. The van der Waals surface area contributed by atoms with Crippen molar-refractivity contribution in [3.63, 3.8) is 0 Å². The summed E-state index contributed by atoms with van der Waals surface area (Å²) in [5, 5.41) is 11.6. The number of hydrogen-bond acceptors (Lipinski definition) is 6. The fourth-order valence-electron chi connectivity index (χ4n) is 3.92. The highest BCUT2D eigenvalue weighted by Crippen LogP contribution is 2.28. The van der Waals surface area contributed by atoms with Gasteiger partial charge >= 0.3 is 0 Å². The second-order valence-corrected chi connectivity index (χ2v) is 7.64. The van der Waals surface area contributed by atoms with Crippen molar-refractivity contribution in [1.29, 1.82) is 0 Å². The summed E-state index contributed by atoms with van der Waals surface area (Å²) in [6.07, 6.45) is 5.63. The Morgan fingerprint density at radius 2 is 2.07 bits per heavy atom. The molecule has 0 spiro atoms. The van der Waals surface area contributed by atoms with Gasteiger partial charge in [0.2, 0.25) is 0 Å². The molecule has 1 fully saturated rings. The number of anilines is 3. The van der Waals surface area contributed by atoms with Crippen LogP contribution in [0.25, 0.3) is 10.9 Å². The highest BCUT2D eigenvalue weighted by atomic mass is 19.1. The number of carbonyl (C=O) groups is 1. The number of nitrogens with zero attached hydrogens (tertiary/aromatic N) is 3.